The summed E-state index contributed by atoms with van der Waals surface area (Å²) in [7, 11) is 1.22. The number of methoxy groups -OCH3 is 1. The normalized spacial score (nSPS) is 13.2. The molecule has 0 spiro atoms. The minimum absolute atomic E-state index is 0.0427. The van der Waals surface area contributed by atoms with Crippen LogP contribution < -0.4 is 0 Å². The van der Waals surface area contributed by atoms with Gasteiger partial charge in [-0.25, -0.2) is 8.78 Å². The fraction of sp³-hybridized carbons (Fsp3) is 0.167. The molecule has 1 N–H and O–H groups in total. The first-order valence-electron chi connectivity index (χ1n) is 7.38. The van der Waals surface area contributed by atoms with Gasteiger partial charge in [-0.3, -0.25) is 4.98 Å². The number of pyridine rings is 1. The zero-order valence-electron chi connectivity index (χ0n) is 13.3. The second-order valence-electron chi connectivity index (χ2n) is 5.53. The zero-order chi connectivity index (χ0) is 19.1. The van der Waals surface area contributed by atoms with Crippen LogP contribution in [0.4, 0.5) is 22.0 Å². The molecule has 0 amide bonds. The monoisotopic (exact) mass is 369 g/mol. The van der Waals surface area contributed by atoms with Gasteiger partial charge in [-0.2, -0.15) is 13.2 Å². The van der Waals surface area contributed by atoms with Crippen LogP contribution in [0.5, 0.6) is 0 Å². The number of hydrogen-bond donors (Lipinski definition) is 1. The highest BCUT2D eigenvalue weighted by Crippen LogP contribution is 2.41. The first-order valence-corrected chi connectivity index (χ1v) is 7.38. The lowest BCUT2D eigenvalue weighted by molar-refractivity contribution is -0.137. The Morgan fingerprint density at radius 1 is 1.08 bits per heavy atom. The molecule has 0 aliphatic carbocycles. The Hall–Kier alpha value is -2.58. The zero-order valence-corrected chi connectivity index (χ0v) is 13.3. The predicted molar refractivity (Wildman–Crippen MR) is 84.1 cm³/mol. The van der Waals surface area contributed by atoms with E-state index in [4.69, 9.17) is 4.74 Å². The Morgan fingerprint density at radius 2 is 1.81 bits per heavy atom. The molecule has 26 heavy (non-hydrogen) atoms. The first-order chi connectivity index (χ1) is 12.2. The number of aromatic nitrogens is 1. The number of fused-ring (bicyclic) bond motifs is 1. The molecule has 0 bridgehead atoms. The second kappa shape index (κ2) is 6.62. The molecule has 3 nitrogen and oxygen atoms in total. The van der Waals surface area contributed by atoms with Gasteiger partial charge < -0.3 is 9.84 Å². The number of hydrogen-bond acceptors (Lipinski definition) is 3. The molecule has 0 saturated heterocycles. The Labute approximate surface area is 144 Å². The lowest BCUT2D eigenvalue weighted by atomic mass is 9.94. The average Bonchev–Trinajstić information content (AvgIpc) is 2.59. The van der Waals surface area contributed by atoms with Crippen LogP contribution in [0.15, 0.2) is 42.6 Å². The predicted octanol–water partition coefficient (Wildman–Crippen LogP) is 4.84. The van der Waals surface area contributed by atoms with Crippen molar-refractivity contribution in [3.05, 3.63) is 65.4 Å². The lowest BCUT2D eigenvalue weighted by Gasteiger charge is -2.17. The quantitative estimate of drug-likeness (QED) is 0.531. The molecule has 2 aromatic carbocycles. The fourth-order valence-corrected chi connectivity index (χ4v) is 2.70. The third-order valence-electron chi connectivity index (χ3n) is 3.91. The summed E-state index contributed by atoms with van der Waals surface area (Å²) in [4.78, 5) is 3.77. The summed E-state index contributed by atoms with van der Waals surface area (Å²) in [5, 5.41) is 9.74. The minimum atomic E-state index is -4.81. The van der Waals surface area contributed by atoms with Gasteiger partial charge in [0.1, 0.15) is 11.6 Å². The van der Waals surface area contributed by atoms with E-state index in [9.17, 15) is 27.1 Å². The van der Waals surface area contributed by atoms with Gasteiger partial charge in [0.05, 0.1) is 11.1 Å². The van der Waals surface area contributed by atoms with Crippen molar-refractivity contribution in [2.24, 2.45) is 0 Å². The van der Waals surface area contributed by atoms with E-state index in [2.05, 4.69) is 4.98 Å². The Morgan fingerprint density at radius 3 is 2.42 bits per heavy atom. The SMILES string of the molecule is COC(O)c1ccc2ncc(C(F)(F)F)c(-c3ccc(F)cc3F)c2c1. The van der Waals surface area contributed by atoms with Crippen molar-refractivity contribution in [2.75, 3.05) is 7.11 Å². The molecule has 1 unspecified atom stereocenters. The molecule has 0 fully saturated rings. The van der Waals surface area contributed by atoms with Crippen molar-refractivity contribution in [1.29, 1.82) is 0 Å². The van der Waals surface area contributed by atoms with Crippen LogP contribution in [0.3, 0.4) is 0 Å². The number of benzene rings is 2. The maximum absolute atomic E-state index is 14.3. The van der Waals surface area contributed by atoms with E-state index in [1.54, 1.807) is 0 Å². The van der Waals surface area contributed by atoms with E-state index in [1.165, 1.54) is 25.3 Å². The van der Waals surface area contributed by atoms with Crippen LogP contribution in [0.1, 0.15) is 17.4 Å². The molecule has 8 heteroatoms. The fourth-order valence-electron chi connectivity index (χ4n) is 2.70. The number of halogens is 5. The Kier molecular flexibility index (Phi) is 4.64. The van der Waals surface area contributed by atoms with Gasteiger partial charge in [-0.1, -0.05) is 6.07 Å². The van der Waals surface area contributed by atoms with Crippen molar-refractivity contribution < 1.29 is 31.8 Å². The van der Waals surface area contributed by atoms with Gasteiger partial charge >= 0.3 is 6.18 Å². The van der Waals surface area contributed by atoms with Crippen molar-refractivity contribution in [3.63, 3.8) is 0 Å². The van der Waals surface area contributed by atoms with Gasteiger partial charge in [0.25, 0.3) is 0 Å². The molecule has 0 radical (unpaired) electrons. The van der Waals surface area contributed by atoms with Crippen LogP contribution in [0.2, 0.25) is 0 Å². The number of nitrogens with zero attached hydrogens (tertiary/aromatic N) is 1. The molecule has 0 aliphatic rings. The number of rotatable bonds is 3. The second-order valence-corrected chi connectivity index (χ2v) is 5.53. The van der Waals surface area contributed by atoms with E-state index >= 15 is 0 Å². The third kappa shape index (κ3) is 3.25. The van der Waals surface area contributed by atoms with Crippen LogP contribution >= 0.6 is 0 Å². The molecule has 0 aliphatic heterocycles. The molecular formula is C18H12F5NO2. The molecule has 136 valence electrons. The van der Waals surface area contributed by atoms with Gasteiger partial charge in [-0.15, -0.1) is 0 Å². The molecule has 3 rings (SSSR count). The van der Waals surface area contributed by atoms with Crippen molar-refractivity contribution >= 4 is 10.9 Å². The molecule has 0 saturated carbocycles. The number of alkyl halides is 3. The smallest absolute Gasteiger partial charge is 0.364 e. The molecule has 1 heterocycles. The van der Waals surface area contributed by atoms with E-state index in [0.29, 0.717) is 12.3 Å². The Balaban J connectivity index is 2.41. The van der Waals surface area contributed by atoms with Gasteiger partial charge in [0.2, 0.25) is 0 Å². The summed E-state index contributed by atoms with van der Waals surface area (Å²) in [5.74, 6) is -2.05. The maximum atomic E-state index is 14.3. The van der Waals surface area contributed by atoms with E-state index in [-0.39, 0.29) is 16.5 Å². The summed E-state index contributed by atoms with van der Waals surface area (Å²) in [6.07, 6.45) is -5.58. The average molecular weight is 369 g/mol. The third-order valence-corrected chi connectivity index (χ3v) is 3.91. The number of ether oxygens (including phenoxy) is 1. The van der Waals surface area contributed by atoms with E-state index in [1.807, 2.05) is 0 Å². The highest BCUT2D eigenvalue weighted by molar-refractivity contribution is 5.96. The summed E-state index contributed by atoms with van der Waals surface area (Å²) in [5.41, 5.74) is -1.74. The van der Waals surface area contributed by atoms with Crippen molar-refractivity contribution in [2.45, 2.75) is 12.5 Å². The number of aliphatic hydroxyl groups is 1. The van der Waals surface area contributed by atoms with Crippen LogP contribution in [0.25, 0.3) is 22.0 Å². The van der Waals surface area contributed by atoms with E-state index < -0.39 is 40.8 Å². The van der Waals surface area contributed by atoms with Crippen molar-refractivity contribution in [1.82, 2.24) is 4.98 Å². The number of aliphatic hydroxyl groups excluding tert-OH is 1. The molecule has 3 aromatic rings. The minimum Gasteiger partial charge on any atom is -0.364 e. The summed E-state index contributed by atoms with van der Waals surface area (Å²) in [6, 6.07) is 6.38. The van der Waals surface area contributed by atoms with Crippen molar-refractivity contribution in [3.8, 4) is 11.1 Å². The van der Waals surface area contributed by atoms with Gasteiger partial charge in [0.15, 0.2) is 6.29 Å². The molecule has 1 aromatic heterocycles. The highest BCUT2D eigenvalue weighted by Gasteiger charge is 2.36. The molecular weight excluding hydrogens is 357 g/mol. The summed E-state index contributed by atoms with van der Waals surface area (Å²) < 4.78 is 72.7. The van der Waals surface area contributed by atoms with Crippen LogP contribution in [0, 0.1) is 11.6 Å². The van der Waals surface area contributed by atoms with Gasteiger partial charge in [-0.05, 0) is 24.3 Å². The van der Waals surface area contributed by atoms with E-state index in [0.717, 1.165) is 12.1 Å². The summed E-state index contributed by atoms with van der Waals surface area (Å²) >= 11 is 0. The maximum Gasteiger partial charge on any atom is 0.418 e. The topological polar surface area (TPSA) is 42.4 Å². The summed E-state index contributed by atoms with van der Waals surface area (Å²) in [6.45, 7) is 0. The van der Waals surface area contributed by atoms with Gasteiger partial charge in [0, 0.05) is 41.4 Å². The first kappa shape index (κ1) is 18.2. The van der Waals surface area contributed by atoms with Crippen LogP contribution in [-0.4, -0.2) is 17.2 Å². The molecule has 1 atom stereocenters. The Bertz CT molecular complexity index is 972. The van der Waals surface area contributed by atoms with Crippen LogP contribution in [-0.2, 0) is 10.9 Å². The largest absolute Gasteiger partial charge is 0.418 e. The lowest BCUT2D eigenvalue weighted by Crippen LogP contribution is -2.09. The highest BCUT2D eigenvalue weighted by atomic mass is 19.4. The standard InChI is InChI=1S/C18H12F5NO2/c1-26-17(25)9-2-5-15-12(6-9)16(13(8-24-15)18(21,22)23)11-4-3-10(19)7-14(11)20/h2-8,17,25H,1H3.